The van der Waals surface area contributed by atoms with E-state index in [4.69, 9.17) is 5.73 Å². The van der Waals surface area contributed by atoms with E-state index >= 15 is 0 Å². The smallest absolute Gasteiger partial charge is 0.185 e. The summed E-state index contributed by atoms with van der Waals surface area (Å²) in [6.07, 6.45) is 1.48. The number of rotatable bonds is 6. The maximum Gasteiger partial charge on any atom is 0.185 e. The quantitative estimate of drug-likeness (QED) is 0.832. The van der Waals surface area contributed by atoms with Crippen LogP contribution in [0.4, 0.5) is 10.8 Å². The first kappa shape index (κ1) is 14.2. The minimum atomic E-state index is -3.32. The van der Waals surface area contributed by atoms with Crippen LogP contribution < -0.4 is 11.1 Å². The van der Waals surface area contributed by atoms with Crippen LogP contribution in [0.5, 0.6) is 0 Å². The first-order valence-corrected chi connectivity index (χ1v) is 8.09. The second-order valence-corrected chi connectivity index (χ2v) is 6.82. The minimum absolute atomic E-state index is 0.102. The standard InChI is InChI=1S/C10H19N3O2S2/c1-4-6-17(14,15)8-9(11)13-16-10(8)12-7(3)5-2/h7,12H,4-6H2,1-3H3,(H2,11,13). The zero-order chi connectivity index (χ0) is 13.1. The van der Waals surface area contributed by atoms with Gasteiger partial charge in [-0.25, -0.2) is 8.42 Å². The molecule has 0 aromatic carbocycles. The molecular weight excluding hydrogens is 258 g/mol. The Kier molecular flexibility index (Phi) is 4.76. The summed E-state index contributed by atoms with van der Waals surface area (Å²) in [6.45, 7) is 5.85. The summed E-state index contributed by atoms with van der Waals surface area (Å²) in [5, 5.41) is 3.70. The third-order valence-corrected chi connectivity index (χ3v) is 5.35. The van der Waals surface area contributed by atoms with Crippen molar-refractivity contribution in [2.75, 3.05) is 16.8 Å². The molecule has 3 N–H and O–H groups in total. The van der Waals surface area contributed by atoms with Crippen molar-refractivity contribution in [3.05, 3.63) is 0 Å². The third-order valence-electron chi connectivity index (χ3n) is 2.45. The van der Waals surface area contributed by atoms with Crippen molar-refractivity contribution in [1.29, 1.82) is 0 Å². The molecule has 0 saturated carbocycles. The van der Waals surface area contributed by atoms with Crippen LogP contribution in [0, 0.1) is 0 Å². The van der Waals surface area contributed by atoms with E-state index in [1.807, 2.05) is 20.8 Å². The fourth-order valence-corrected chi connectivity index (χ4v) is 4.10. The van der Waals surface area contributed by atoms with Gasteiger partial charge >= 0.3 is 0 Å². The average Bonchev–Trinajstić information content (AvgIpc) is 2.60. The Morgan fingerprint density at radius 1 is 1.47 bits per heavy atom. The topological polar surface area (TPSA) is 85.1 Å². The van der Waals surface area contributed by atoms with E-state index in [1.54, 1.807) is 0 Å². The molecule has 0 radical (unpaired) electrons. The van der Waals surface area contributed by atoms with Crippen LogP contribution in [0.25, 0.3) is 0 Å². The van der Waals surface area contributed by atoms with Crippen molar-refractivity contribution in [1.82, 2.24) is 4.37 Å². The van der Waals surface area contributed by atoms with E-state index < -0.39 is 9.84 Å². The molecule has 0 aliphatic rings. The molecule has 1 heterocycles. The average molecular weight is 277 g/mol. The Morgan fingerprint density at radius 2 is 2.12 bits per heavy atom. The number of nitrogens with one attached hydrogen (secondary N) is 1. The predicted octanol–water partition coefficient (Wildman–Crippen LogP) is 2.12. The summed E-state index contributed by atoms with van der Waals surface area (Å²) in [5.74, 6) is 0.208. The number of hydrogen-bond acceptors (Lipinski definition) is 6. The van der Waals surface area contributed by atoms with Crippen LogP contribution >= 0.6 is 11.5 Å². The van der Waals surface area contributed by atoms with Crippen LogP contribution in [-0.4, -0.2) is 24.6 Å². The minimum Gasteiger partial charge on any atom is -0.382 e. The molecule has 0 spiro atoms. The molecule has 0 fully saturated rings. The highest BCUT2D eigenvalue weighted by atomic mass is 32.2. The number of nitrogens with zero attached hydrogens (tertiary/aromatic N) is 1. The summed E-state index contributed by atoms with van der Waals surface area (Å²) < 4.78 is 28.0. The summed E-state index contributed by atoms with van der Waals surface area (Å²) in [6, 6.07) is 0.199. The molecule has 0 amide bonds. The van der Waals surface area contributed by atoms with Gasteiger partial charge in [-0.15, -0.1) is 0 Å². The Hall–Kier alpha value is -0.820. The van der Waals surface area contributed by atoms with Crippen molar-refractivity contribution >= 4 is 32.2 Å². The van der Waals surface area contributed by atoms with Crippen molar-refractivity contribution in [3.8, 4) is 0 Å². The van der Waals surface area contributed by atoms with Gasteiger partial charge in [-0.3, -0.25) is 0 Å². The number of anilines is 2. The highest BCUT2D eigenvalue weighted by Crippen LogP contribution is 2.33. The number of nitrogens with two attached hydrogens (primary N) is 1. The molecule has 7 heteroatoms. The van der Waals surface area contributed by atoms with Crippen molar-refractivity contribution in [2.45, 2.75) is 44.6 Å². The molecule has 0 bridgehead atoms. The number of nitrogen functional groups attached to an aromatic ring is 1. The lowest BCUT2D eigenvalue weighted by Gasteiger charge is -2.12. The van der Waals surface area contributed by atoms with Gasteiger partial charge in [0.15, 0.2) is 15.7 Å². The molecule has 1 unspecified atom stereocenters. The molecule has 17 heavy (non-hydrogen) atoms. The van der Waals surface area contributed by atoms with Crippen LogP contribution in [0.1, 0.15) is 33.6 Å². The third kappa shape index (κ3) is 3.32. The molecule has 1 aromatic heterocycles. The Labute approximate surface area is 107 Å². The van der Waals surface area contributed by atoms with Crippen molar-refractivity contribution < 1.29 is 8.42 Å². The van der Waals surface area contributed by atoms with Gasteiger partial charge in [0.05, 0.1) is 5.75 Å². The van der Waals surface area contributed by atoms with E-state index in [1.165, 1.54) is 0 Å². The van der Waals surface area contributed by atoms with Gasteiger partial charge in [-0.05, 0) is 31.3 Å². The normalized spacial score (nSPS) is 13.6. The fraction of sp³-hybridized carbons (Fsp3) is 0.700. The summed E-state index contributed by atoms with van der Waals surface area (Å²) in [4.78, 5) is 0.171. The number of hydrogen-bond donors (Lipinski definition) is 2. The molecule has 1 rings (SSSR count). The van der Waals surface area contributed by atoms with E-state index in [0.29, 0.717) is 11.4 Å². The van der Waals surface area contributed by atoms with E-state index in [0.717, 1.165) is 18.0 Å². The van der Waals surface area contributed by atoms with Crippen molar-refractivity contribution in [3.63, 3.8) is 0 Å². The molecule has 1 atom stereocenters. The Morgan fingerprint density at radius 3 is 2.65 bits per heavy atom. The van der Waals surface area contributed by atoms with Crippen molar-refractivity contribution in [2.24, 2.45) is 0 Å². The second-order valence-electron chi connectivity index (χ2n) is 4.00. The Balaban J connectivity index is 3.10. The molecule has 0 saturated heterocycles. The lowest BCUT2D eigenvalue weighted by molar-refractivity contribution is 0.595. The maximum atomic E-state index is 12.1. The lowest BCUT2D eigenvalue weighted by atomic mass is 10.3. The lowest BCUT2D eigenvalue weighted by Crippen LogP contribution is -2.16. The fourth-order valence-electron chi connectivity index (χ4n) is 1.38. The van der Waals surface area contributed by atoms with Gasteiger partial charge in [0.25, 0.3) is 0 Å². The van der Waals surface area contributed by atoms with E-state index in [2.05, 4.69) is 9.69 Å². The molecule has 0 aliphatic heterocycles. The van der Waals surface area contributed by atoms with Gasteiger partial charge in [-0.1, -0.05) is 13.8 Å². The Bertz CT molecular complexity index is 468. The highest BCUT2D eigenvalue weighted by Gasteiger charge is 2.25. The predicted molar refractivity (Wildman–Crippen MR) is 72.2 cm³/mol. The molecule has 5 nitrogen and oxygen atoms in total. The van der Waals surface area contributed by atoms with Gasteiger partial charge in [0.1, 0.15) is 9.90 Å². The van der Waals surface area contributed by atoms with Crippen LogP contribution in [0.3, 0.4) is 0 Å². The SMILES string of the molecule is CCCS(=O)(=O)c1c(N)nsc1NC(C)CC. The van der Waals surface area contributed by atoms with Gasteiger partial charge in [0, 0.05) is 6.04 Å². The van der Waals surface area contributed by atoms with Gasteiger partial charge < -0.3 is 11.1 Å². The largest absolute Gasteiger partial charge is 0.382 e. The first-order valence-electron chi connectivity index (χ1n) is 5.66. The first-order chi connectivity index (χ1) is 7.92. The van der Waals surface area contributed by atoms with E-state index in [9.17, 15) is 8.42 Å². The molecule has 1 aromatic rings. The zero-order valence-electron chi connectivity index (χ0n) is 10.4. The molecular formula is C10H19N3O2S2. The summed E-state index contributed by atoms with van der Waals surface area (Å²) >= 11 is 1.11. The monoisotopic (exact) mass is 277 g/mol. The van der Waals surface area contributed by atoms with E-state index in [-0.39, 0.29) is 22.5 Å². The van der Waals surface area contributed by atoms with Crippen LogP contribution in [-0.2, 0) is 9.84 Å². The highest BCUT2D eigenvalue weighted by molar-refractivity contribution is 7.91. The van der Waals surface area contributed by atoms with Gasteiger partial charge in [-0.2, -0.15) is 4.37 Å². The molecule has 98 valence electrons. The maximum absolute atomic E-state index is 12.1. The number of aromatic nitrogens is 1. The van der Waals surface area contributed by atoms with Crippen LogP contribution in [0.2, 0.25) is 0 Å². The molecule has 0 aliphatic carbocycles. The second kappa shape index (κ2) is 5.68. The zero-order valence-corrected chi connectivity index (χ0v) is 12.0. The summed E-state index contributed by atoms with van der Waals surface area (Å²) in [7, 11) is -3.32. The van der Waals surface area contributed by atoms with Crippen LogP contribution in [0.15, 0.2) is 4.90 Å². The van der Waals surface area contributed by atoms with Gasteiger partial charge in [0.2, 0.25) is 0 Å². The number of sulfone groups is 1. The summed E-state index contributed by atoms with van der Waals surface area (Å²) in [5.41, 5.74) is 5.66.